The van der Waals surface area contributed by atoms with Gasteiger partial charge >= 0.3 is 6.03 Å². The lowest BCUT2D eigenvalue weighted by Crippen LogP contribution is -2.32. The van der Waals surface area contributed by atoms with Gasteiger partial charge in [-0.15, -0.1) is 5.10 Å². The maximum absolute atomic E-state index is 12.8. The zero-order valence-electron chi connectivity index (χ0n) is 15.5. The van der Waals surface area contributed by atoms with Gasteiger partial charge in [-0.2, -0.15) is 0 Å². The Morgan fingerprint density at radius 2 is 2.11 bits per heavy atom. The number of nitrogens with one attached hydrogen (secondary N) is 1. The number of urea groups is 1. The number of aromatic nitrogens is 4. The van der Waals surface area contributed by atoms with Gasteiger partial charge in [-0.3, -0.25) is 14.7 Å². The van der Waals surface area contributed by atoms with Gasteiger partial charge in [0.1, 0.15) is 6.04 Å². The second-order valence-corrected chi connectivity index (χ2v) is 7.49. The van der Waals surface area contributed by atoms with Gasteiger partial charge in [0.2, 0.25) is 0 Å². The monoisotopic (exact) mass is 398 g/mol. The van der Waals surface area contributed by atoms with E-state index in [0.29, 0.717) is 17.1 Å². The van der Waals surface area contributed by atoms with Gasteiger partial charge in [-0.1, -0.05) is 22.9 Å². The van der Waals surface area contributed by atoms with Crippen molar-refractivity contribution in [1.82, 2.24) is 30.2 Å². The molecule has 4 rings (SSSR count). The van der Waals surface area contributed by atoms with Crippen LogP contribution in [0.1, 0.15) is 31.1 Å². The van der Waals surface area contributed by atoms with Crippen LogP contribution in [-0.2, 0) is 17.8 Å². The average Bonchev–Trinajstić information content (AvgIpc) is 3.22. The standard InChI is InChI=1S/C19H19ClN6O2/c1-11(2)26-10-15(23-24-26)8-16-18(27)25(19(28)22-16)9-13-7-14(20)6-12-4-3-5-21-17(12)13/h3-7,10-11,16H,8-9H2,1-2H3,(H,22,28)/t16-/m1/s1. The van der Waals surface area contributed by atoms with Crippen molar-refractivity contribution in [2.75, 3.05) is 0 Å². The summed E-state index contributed by atoms with van der Waals surface area (Å²) in [5.74, 6) is -0.298. The van der Waals surface area contributed by atoms with Crippen LogP contribution in [0, 0.1) is 0 Å². The van der Waals surface area contributed by atoms with Crippen LogP contribution >= 0.6 is 11.6 Å². The summed E-state index contributed by atoms with van der Waals surface area (Å²) in [4.78, 5) is 30.8. The number of halogens is 1. The minimum atomic E-state index is -0.664. The lowest BCUT2D eigenvalue weighted by Gasteiger charge is -2.14. The Morgan fingerprint density at radius 1 is 1.29 bits per heavy atom. The highest BCUT2D eigenvalue weighted by Gasteiger charge is 2.38. The van der Waals surface area contributed by atoms with Gasteiger partial charge in [0, 0.05) is 35.3 Å². The van der Waals surface area contributed by atoms with Crippen molar-refractivity contribution in [3.05, 3.63) is 52.9 Å². The molecule has 8 nitrogen and oxygen atoms in total. The molecule has 1 N–H and O–H groups in total. The average molecular weight is 399 g/mol. The molecule has 144 valence electrons. The highest BCUT2D eigenvalue weighted by Crippen LogP contribution is 2.25. The molecule has 0 aliphatic carbocycles. The normalized spacial score (nSPS) is 17.0. The fourth-order valence-electron chi connectivity index (χ4n) is 3.25. The van der Waals surface area contributed by atoms with Gasteiger partial charge in [0.25, 0.3) is 5.91 Å². The SMILES string of the molecule is CC(C)n1cc(C[C@H]2NC(=O)N(Cc3cc(Cl)cc4cccnc34)C2=O)nn1. The molecule has 3 amide bonds. The lowest BCUT2D eigenvalue weighted by atomic mass is 10.1. The Kier molecular flexibility index (Phi) is 4.72. The van der Waals surface area contributed by atoms with Crippen molar-refractivity contribution in [2.24, 2.45) is 0 Å². The quantitative estimate of drug-likeness (QED) is 0.667. The van der Waals surface area contributed by atoms with Crippen LogP contribution < -0.4 is 5.32 Å². The topological polar surface area (TPSA) is 93.0 Å². The minimum absolute atomic E-state index is 0.105. The molecule has 9 heteroatoms. The van der Waals surface area contributed by atoms with Crippen molar-refractivity contribution in [2.45, 2.75) is 38.9 Å². The number of carbonyl (C=O) groups is 2. The fourth-order valence-corrected chi connectivity index (χ4v) is 3.50. The largest absolute Gasteiger partial charge is 0.325 e. The number of hydrogen-bond donors (Lipinski definition) is 1. The van der Waals surface area contributed by atoms with Crippen LogP contribution in [0.25, 0.3) is 10.9 Å². The van der Waals surface area contributed by atoms with Gasteiger partial charge in [0.15, 0.2) is 0 Å². The van der Waals surface area contributed by atoms with Gasteiger partial charge in [-0.25, -0.2) is 9.48 Å². The highest BCUT2D eigenvalue weighted by molar-refractivity contribution is 6.31. The van der Waals surface area contributed by atoms with Crippen molar-refractivity contribution in [3.8, 4) is 0 Å². The molecule has 28 heavy (non-hydrogen) atoms. The van der Waals surface area contributed by atoms with Crippen molar-refractivity contribution < 1.29 is 9.59 Å². The molecule has 0 spiro atoms. The second kappa shape index (κ2) is 7.20. The summed E-state index contributed by atoms with van der Waals surface area (Å²) < 4.78 is 1.72. The van der Waals surface area contributed by atoms with Crippen LogP contribution in [0.4, 0.5) is 4.79 Å². The molecule has 0 unspecified atom stereocenters. The maximum Gasteiger partial charge on any atom is 0.325 e. The molecule has 0 saturated carbocycles. The third kappa shape index (κ3) is 3.43. The van der Waals surface area contributed by atoms with E-state index in [4.69, 9.17) is 11.6 Å². The summed E-state index contributed by atoms with van der Waals surface area (Å²) in [7, 11) is 0. The second-order valence-electron chi connectivity index (χ2n) is 7.05. The molecule has 0 bridgehead atoms. The van der Waals surface area contributed by atoms with E-state index in [-0.39, 0.29) is 18.5 Å². The molecular weight excluding hydrogens is 380 g/mol. The number of benzene rings is 1. The van der Waals surface area contributed by atoms with Crippen LogP contribution in [-0.4, -0.2) is 42.9 Å². The number of amides is 3. The number of imide groups is 1. The predicted molar refractivity (Wildman–Crippen MR) is 104 cm³/mol. The van der Waals surface area contributed by atoms with E-state index in [1.807, 2.05) is 26.0 Å². The number of nitrogens with zero attached hydrogens (tertiary/aromatic N) is 5. The van der Waals surface area contributed by atoms with E-state index in [2.05, 4.69) is 20.6 Å². The number of hydrogen-bond acceptors (Lipinski definition) is 5. The van der Waals surface area contributed by atoms with E-state index in [1.165, 1.54) is 4.90 Å². The van der Waals surface area contributed by atoms with E-state index < -0.39 is 12.1 Å². The first-order valence-corrected chi connectivity index (χ1v) is 9.36. The summed E-state index contributed by atoms with van der Waals surface area (Å²) in [6.45, 7) is 4.09. The molecule has 3 heterocycles. The number of pyridine rings is 1. The van der Waals surface area contributed by atoms with Crippen molar-refractivity contribution in [3.63, 3.8) is 0 Å². The molecule has 3 aromatic rings. The van der Waals surface area contributed by atoms with Crippen molar-refractivity contribution >= 4 is 34.4 Å². The van der Waals surface area contributed by atoms with E-state index >= 15 is 0 Å². The van der Waals surface area contributed by atoms with E-state index in [1.54, 1.807) is 29.2 Å². The fraction of sp³-hybridized carbons (Fsp3) is 0.316. The zero-order chi connectivity index (χ0) is 19.8. The third-order valence-electron chi connectivity index (χ3n) is 4.68. The number of rotatable bonds is 5. The number of fused-ring (bicyclic) bond motifs is 1. The molecule has 1 aromatic carbocycles. The Bertz CT molecular complexity index is 1060. The molecule has 1 aliphatic rings. The summed E-state index contributed by atoms with van der Waals surface area (Å²) in [5, 5.41) is 12.2. The van der Waals surface area contributed by atoms with Crippen LogP contribution in [0.3, 0.4) is 0 Å². The number of carbonyl (C=O) groups excluding carboxylic acids is 2. The van der Waals surface area contributed by atoms with Gasteiger partial charge < -0.3 is 5.32 Å². The van der Waals surface area contributed by atoms with Gasteiger partial charge in [-0.05, 0) is 37.6 Å². The van der Waals surface area contributed by atoms with Crippen molar-refractivity contribution in [1.29, 1.82) is 0 Å². The first-order chi connectivity index (χ1) is 13.4. The third-order valence-corrected chi connectivity index (χ3v) is 4.90. The maximum atomic E-state index is 12.8. The zero-order valence-corrected chi connectivity index (χ0v) is 16.2. The Morgan fingerprint density at radius 3 is 2.86 bits per heavy atom. The molecule has 1 atom stereocenters. The Balaban J connectivity index is 1.55. The highest BCUT2D eigenvalue weighted by atomic mass is 35.5. The Labute approximate surface area is 166 Å². The van der Waals surface area contributed by atoms with E-state index in [9.17, 15) is 9.59 Å². The first kappa shape index (κ1) is 18.4. The molecule has 1 aliphatic heterocycles. The van der Waals surface area contributed by atoms with E-state index in [0.717, 1.165) is 16.5 Å². The summed E-state index contributed by atoms with van der Waals surface area (Å²) in [6.07, 6.45) is 3.76. The van der Waals surface area contributed by atoms with Gasteiger partial charge in [0.05, 0.1) is 17.8 Å². The smallest absolute Gasteiger partial charge is 0.325 e. The minimum Gasteiger partial charge on any atom is -0.325 e. The summed E-state index contributed by atoms with van der Waals surface area (Å²) in [6, 6.07) is 6.33. The Hall–Kier alpha value is -3.00. The lowest BCUT2D eigenvalue weighted by molar-refractivity contribution is -0.127. The molecular formula is C19H19ClN6O2. The van der Waals surface area contributed by atoms with Crippen LogP contribution in [0.5, 0.6) is 0 Å². The molecule has 1 fully saturated rings. The molecule has 2 aromatic heterocycles. The molecule has 1 saturated heterocycles. The van der Waals surface area contributed by atoms with Crippen LogP contribution in [0.15, 0.2) is 36.7 Å². The van der Waals surface area contributed by atoms with Crippen LogP contribution in [0.2, 0.25) is 5.02 Å². The molecule has 0 radical (unpaired) electrons. The summed E-state index contributed by atoms with van der Waals surface area (Å²) >= 11 is 6.20. The summed E-state index contributed by atoms with van der Waals surface area (Å²) in [5.41, 5.74) is 2.10. The first-order valence-electron chi connectivity index (χ1n) is 8.98. The predicted octanol–water partition coefficient (Wildman–Crippen LogP) is 2.72.